The monoisotopic (exact) mass is 256 g/mol. The summed E-state index contributed by atoms with van der Waals surface area (Å²) in [4.78, 5) is 4.20. The number of aryl methyl sites for hydroxylation is 2. The van der Waals surface area contributed by atoms with Crippen molar-refractivity contribution in [3.05, 3.63) is 58.8 Å². The van der Waals surface area contributed by atoms with Gasteiger partial charge in [-0.05, 0) is 37.0 Å². The first-order valence-electron chi connectivity index (χ1n) is 6.42. The molecule has 1 aromatic heterocycles. The van der Waals surface area contributed by atoms with E-state index in [1.54, 1.807) is 7.11 Å². The van der Waals surface area contributed by atoms with Gasteiger partial charge in [0.05, 0.1) is 7.11 Å². The van der Waals surface area contributed by atoms with E-state index >= 15 is 0 Å². The molecule has 0 aliphatic rings. The average Bonchev–Trinajstić information content (AvgIpc) is 2.39. The molecule has 1 aromatic carbocycles. The van der Waals surface area contributed by atoms with E-state index in [4.69, 9.17) is 10.5 Å². The zero-order chi connectivity index (χ0) is 13.8. The highest BCUT2D eigenvalue weighted by molar-refractivity contribution is 5.33. The Morgan fingerprint density at radius 1 is 1.21 bits per heavy atom. The molecule has 0 saturated heterocycles. The first-order valence-corrected chi connectivity index (χ1v) is 6.42. The lowest BCUT2D eigenvalue weighted by Crippen LogP contribution is -2.14. The Hall–Kier alpha value is -1.87. The van der Waals surface area contributed by atoms with Crippen LogP contribution in [0.15, 0.2) is 36.5 Å². The van der Waals surface area contributed by atoms with Crippen molar-refractivity contribution in [2.24, 2.45) is 5.73 Å². The van der Waals surface area contributed by atoms with Crippen LogP contribution in [0.4, 0.5) is 0 Å². The Morgan fingerprint density at radius 3 is 2.58 bits per heavy atom. The van der Waals surface area contributed by atoms with Crippen LogP contribution in [0.5, 0.6) is 5.88 Å². The van der Waals surface area contributed by atoms with E-state index in [0.29, 0.717) is 5.88 Å². The maximum atomic E-state index is 6.29. The van der Waals surface area contributed by atoms with Gasteiger partial charge in [0.25, 0.3) is 0 Å². The van der Waals surface area contributed by atoms with Crippen LogP contribution in [0.1, 0.15) is 28.3 Å². The topological polar surface area (TPSA) is 48.1 Å². The zero-order valence-corrected chi connectivity index (χ0v) is 11.7. The van der Waals surface area contributed by atoms with Crippen LogP contribution in [-0.4, -0.2) is 12.1 Å². The number of ether oxygens (including phenoxy) is 1. The Morgan fingerprint density at radius 2 is 2.00 bits per heavy atom. The molecule has 2 aromatic rings. The molecule has 100 valence electrons. The summed E-state index contributed by atoms with van der Waals surface area (Å²) >= 11 is 0. The van der Waals surface area contributed by atoms with E-state index < -0.39 is 0 Å². The summed E-state index contributed by atoms with van der Waals surface area (Å²) in [6, 6.07) is 10.3. The van der Waals surface area contributed by atoms with Gasteiger partial charge in [0.1, 0.15) is 0 Å². The van der Waals surface area contributed by atoms with Crippen molar-refractivity contribution in [3.8, 4) is 5.88 Å². The van der Waals surface area contributed by atoms with Gasteiger partial charge in [-0.3, -0.25) is 0 Å². The molecule has 2 N–H and O–H groups in total. The molecule has 0 aliphatic carbocycles. The molecule has 0 spiro atoms. The molecular formula is C16H20N2O. The van der Waals surface area contributed by atoms with Crippen LogP contribution < -0.4 is 10.5 Å². The van der Waals surface area contributed by atoms with Gasteiger partial charge >= 0.3 is 0 Å². The number of rotatable bonds is 4. The molecule has 0 aliphatic heterocycles. The minimum Gasteiger partial charge on any atom is -0.481 e. The normalized spacial score (nSPS) is 12.2. The predicted molar refractivity (Wildman–Crippen MR) is 77.3 cm³/mol. The van der Waals surface area contributed by atoms with Crippen molar-refractivity contribution in [2.75, 3.05) is 7.11 Å². The van der Waals surface area contributed by atoms with Crippen LogP contribution in [0.25, 0.3) is 0 Å². The molecule has 0 fully saturated rings. The van der Waals surface area contributed by atoms with E-state index in [9.17, 15) is 0 Å². The smallest absolute Gasteiger partial charge is 0.212 e. The maximum absolute atomic E-state index is 6.29. The predicted octanol–water partition coefficient (Wildman–Crippen LogP) is 2.95. The summed E-state index contributed by atoms with van der Waals surface area (Å²) in [5, 5.41) is 0. The summed E-state index contributed by atoms with van der Waals surface area (Å²) in [5.41, 5.74) is 11.1. The number of methoxy groups -OCH3 is 1. The minimum atomic E-state index is -0.00389. The van der Waals surface area contributed by atoms with E-state index in [0.717, 1.165) is 12.0 Å². The van der Waals surface area contributed by atoms with Gasteiger partial charge in [-0.1, -0.05) is 29.8 Å². The molecule has 0 amide bonds. The number of nitrogens with two attached hydrogens (primary N) is 1. The third kappa shape index (κ3) is 3.32. The average molecular weight is 256 g/mol. The number of nitrogens with zero attached hydrogens (tertiary/aromatic N) is 1. The van der Waals surface area contributed by atoms with Gasteiger partial charge in [-0.2, -0.15) is 0 Å². The lowest BCUT2D eigenvalue weighted by molar-refractivity contribution is 0.397. The van der Waals surface area contributed by atoms with Crippen LogP contribution >= 0.6 is 0 Å². The van der Waals surface area contributed by atoms with Crippen molar-refractivity contribution < 1.29 is 4.74 Å². The SMILES string of the molecule is COc1ccc(CC(N)c2ccc(C)cc2C)cn1. The zero-order valence-electron chi connectivity index (χ0n) is 11.7. The number of benzene rings is 1. The lowest BCUT2D eigenvalue weighted by atomic mass is 9.95. The summed E-state index contributed by atoms with van der Waals surface area (Å²) in [6.45, 7) is 4.20. The Bertz CT molecular complexity index is 549. The standard InChI is InChI=1S/C16H20N2O/c1-11-4-6-14(12(2)8-11)15(17)9-13-5-7-16(19-3)18-10-13/h4-8,10,15H,9,17H2,1-3H3. The quantitative estimate of drug-likeness (QED) is 0.915. The molecule has 0 saturated carbocycles. The van der Waals surface area contributed by atoms with Gasteiger partial charge in [-0.25, -0.2) is 4.98 Å². The number of aromatic nitrogens is 1. The Labute approximate surface area is 114 Å². The lowest BCUT2D eigenvalue weighted by Gasteiger charge is -2.15. The highest BCUT2D eigenvalue weighted by Gasteiger charge is 2.10. The second kappa shape index (κ2) is 5.85. The van der Waals surface area contributed by atoms with Crippen LogP contribution in [0.3, 0.4) is 0 Å². The second-order valence-corrected chi connectivity index (χ2v) is 4.88. The molecule has 19 heavy (non-hydrogen) atoms. The fourth-order valence-corrected chi connectivity index (χ4v) is 2.26. The molecule has 0 radical (unpaired) electrons. The van der Waals surface area contributed by atoms with Gasteiger partial charge in [0.15, 0.2) is 0 Å². The number of pyridine rings is 1. The summed E-state index contributed by atoms with van der Waals surface area (Å²) < 4.78 is 5.05. The van der Waals surface area contributed by atoms with Crippen molar-refractivity contribution >= 4 is 0 Å². The third-order valence-corrected chi connectivity index (χ3v) is 3.29. The third-order valence-electron chi connectivity index (χ3n) is 3.29. The maximum Gasteiger partial charge on any atom is 0.212 e. The van der Waals surface area contributed by atoms with E-state index in [1.165, 1.54) is 16.7 Å². The molecule has 3 nitrogen and oxygen atoms in total. The van der Waals surface area contributed by atoms with Crippen LogP contribution in [0, 0.1) is 13.8 Å². The van der Waals surface area contributed by atoms with E-state index in [2.05, 4.69) is 37.0 Å². The van der Waals surface area contributed by atoms with Gasteiger partial charge in [-0.15, -0.1) is 0 Å². The van der Waals surface area contributed by atoms with Gasteiger partial charge in [0.2, 0.25) is 5.88 Å². The largest absolute Gasteiger partial charge is 0.481 e. The summed E-state index contributed by atoms with van der Waals surface area (Å²) in [5.74, 6) is 0.629. The Balaban J connectivity index is 2.13. The molecule has 0 bridgehead atoms. The molecule has 1 unspecified atom stereocenters. The van der Waals surface area contributed by atoms with Gasteiger partial charge in [0, 0.05) is 18.3 Å². The second-order valence-electron chi connectivity index (χ2n) is 4.88. The Kier molecular flexibility index (Phi) is 4.17. The van der Waals surface area contributed by atoms with Crippen molar-refractivity contribution in [2.45, 2.75) is 26.3 Å². The molecule has 1 heterocycles. The summed E-state index contributed by atoms with van der Waals surface area (Å²) in [6.07, 6.45) is 2.60. The number of hydrogen-bond donors (Lipinski definition) is 1. The van der Waals surface area contributed by atoms with Crippen LogP contribution in [-0.2, 0) is 6.42 Å². The highest BCUT2D eigenvalue weighted by atomic mass is 16.5. The van der Waals surface area contributed by atoms with E-state index in [1.807, 2.05) is 18.3 Å². The summed E-state index contributed by atoms with van der Waals surface area (Å²) in [7, 11) is 1.61. The molecule has 1 atom stereocenters. The first-order chi connectivity index (χ1) is 9.10. The fourth-order valence-electron chi connectivity index (χ4n) is 2.26. The van der Waals surface area contributed by atoms with Crippen molar-refractivity contribution in [1.82, 2.24) is 4.98 Å². The fraction of sp³-hybridized carbons (Fsp3) is 0.312. The van der Waals surface area contributed by atoms with Crippen molar-refractivity contribution in [1.29, 1.82) is 0 Å². The van der Waals surface area contributed by atoms with Crippen molar-refractivity contribution in [3.63, 3.8) is 0 Å². The number of hydrogen-bond acceptors (Lipinski definition) is 3. The highest BCUT2D eigenvalue weighted by Crippen LogP contribution is 2.21. The van der Waals surface area contributed by atoms with Crippen LogP contribution in [0.2, 0.25) is 0 Å². The molecule has 2 rings (SSSR count). The molecular weight excluding hydrogens is 236 g/mol. The van der Waals surface area contributed by atoms with Gasteiger partial charge < -0.3 is 10.5 Å². The molecule has 3 heteroatoms. The van der Waals surface area contributed by atoms with E-state index in [-0.39, 0.29) is 6.04 Å². The minimum absolute atomic E-state index is 0.00389. The first kappa shape index (κ1) is 13.6.